The van der Waals surface area contributed by atoms with Crippen LogP contribution in [0.3, 0.4) is 0 Å². The van der Waals surface area contributed by atoms with Crippen LogP contribution >= 0.6 is 0 Å². The minimum absolute atomic E-state index is 0.0298. The van der Waals surface area contributed by atoms with Crippen molar-refractivity contribution in [2.45, 2.75) is 188 Å². The van der Waals surface area contributed by atoms with Gasteiger partial charge in [-0.05, 0) is 80.0 Å². The van der Waals surface area contributed by atoms with Gasteiger partial charge in [-0.1, -0.05) is 136 Å². The third-order valence-corrected chi connectivity index (χ3v) is 11.5. The molecule has 0 heterocycles. The zero-order valence-corrected chi connectivity index (χ0v) is 29.0. The number of aliphatic carboxylic acids is 1. The number of hydrogen-bond acceptors (Lipinski definition) is 3. The molecule has 0 aromatic heterocycles. The highest BCUT2D eigenvalue weighted by atomic mass is 16.5. The van der Waals surface area contributed by atoms with Crippen molar-refractivity contribution in [3.63, 3.8) is 0 Å². The molecule has 2 saturated carbocycles. The highest BCUT2D eigenvalue weighted by Gasteiger charge is 2.54. The van der Waals surface area contributed by atoms with E-state index in [0.717, 1.165) is 57.8 Å². The fourth-order valence-corrected chi connectivity index (χ4v) is 8.86. The van der Waals surface area contributed by atoms with Crippen molar-refractivity contribution in [2.24, 2.45) is 28.6 Å². The quantitative estimate of drug-likeness (QED) is 0.0678. The molecule has 5 atom stereocenters. The van der Waals surface area contributed by atoms with E-state index in [4.69, 9.17) is 4.74 Å². The van der Waals surface area contributed by atoms with E-state index in [1.807, 2.05) is 0 Å². The van der Waals surface area contributed by atoms with Gasteiger partial charge in [0.15, 0.2) is 0 Å². The SMILES string of the molecule is C=C1CC[C@H]2[C@@](C)(CC(=O)O)CCC[C@]2(C)[C@H]1CC[C@H](C)CCOC(=O)CCCCCCCCCCCCCCCCC. The van der Waals surface area contributed by atoms with Crippen LogP contribution in [0, 0.1) is 28.6 Å². The first-order chi connectivity index (χ1) is 20.6. The van der Waals surface area contributed by atoms with Crippen molar-refractivity contribution in [2.75, 3.05) is 6.61 Å². The number of hydrogen-bond donors (Lipinski definition) is 1. The zero-order valence-electron chi connectivity index (χ0n) is 29.0. The average Bonchev–Trinajstić information content (AvgIpc) is 2.94. The molecule has 0 aliphatic heterocycles. The van der Waals surface area contributed by atoms with E-state index >= 15 is 0 Å². The molecule has 1 N–H and O–H groups in total. The van der Waals surface area contributed by atoms with Crippen LogP contribution in [-0.4, -0.2) is 23.7 Å². The molecule has 2 aliphatic rings. The zero-order chi connectivity index (χ0) is 31.6. The second-order valence-corrected chi connectivity index (χ2v) is 15.3. The molecule has 0 amide bonds. The van der Waals surface area contributed by atoms with Crippen LogP contribution in [-0.2, 0) is 14.3 Å². The molecule has 0 radical (unpaired) electrons. The largest absolute Gasteiger partial charge is 0.481 e. The molecule has 2 rings (SSSR count). The van der Waals surface area contributed by atoms with Crippen molar-refractivity contribution in [3.8, 4) is 0 Å². The minimum atomic E-state index is -0.657. The predicted molar refractivity (Wildman–Crippen MR) is 181 cm³/mol. The molecule has 0 bridgehead atoms. The lowest BCUT2D eigenvalue weighted by Crippen LogP contribution is -2.51. The number of unbranched alkanes of at least 4 members (excludes halogenated alkanes) is 14. The van der Waals surface area contributed by atoms with Crippen LogP contribution < -0.4 is 0 Å². The molecule has 0 aromatic rings. The minimum Gasteiger partial charge on any atom is -0.481 e. The van der Waals surface area contributed by atoms with Crippen LogP contribution in [0.2, 0.25) is 0 Å². The van der Waals surface area contributed by atoms with Crippen molar-refractivity contribution >= 4 is 11.9 Å². The van der Waals surface area contributed by atoms with Crippen LogP contribution in [0.15, 0.2) is 12.2 Å². The van der Waals surface area contributed by atoms with Gasteiger partial charge < -0.3 is 9.84 Å². The lowest BCUT2D eigenvalue weighted by Gasteiger charge is -2.58. The summed E-state index contributed by atoms with van der Waals surface area (Å²) in [6, 6.07) is 0. The molecular formula is C39H70O4. The molecule has 0 unspecified atom stereocenters. The summed E-state index contributed by atoms with van der Waals surface area (Å²) in [5.74, 6) is 0.740. The van der Waals surface area contributed by atoms with Crippen molar-refractivity contribution in [1.82, 2.24) is 0 Å². The van der Waals surface area contributed by atoms with Gasteiger partial charge in [0.2, 0.25) is 0 Å². The van der Waals surface area contributed by atoms with Gasteiger partial charge in [0, 0.05) is 6.42 Å². The average molecular weight is 603 g/mol. The lowest BCUT2D eigenvalue weighted by atomic mass is 9.46. The topological polar surface area (TPSA) is 63.6 Å². The Balaban J connectivity index is 1.52. The summed E-state index contributed by atoms with van der Waals surface area (Å²) in [4.78, 5) is 24.0. The number of carbonyl (C=O) groups excluding carboxylic acids is 1. The van der Waals surface area contributed by atoms with E-state index in [1.165, 1.54) is 95.5 Å². The number of carboxylic acid groups (broad SMARTS) is 1. The Morgan fingerprint density at radius 2 is 1.44 bits per heavy atom. The molecule has 2 fully saturated rings. The summed E-state index contributed by atoms with van der Waals surface area (Å²) in [6.07, 6.45) is 29.4. The number of ether oxygens (including phenoxy) is 1. The number of rotatable bonds is 24. The van der Waals surface area contributed by atoms with Gasteiger partial charge in [-0.2, -0.15) is 0 Å². The number of carboxylic acids is 1. The molecule has 2 aliphatic carbocycles. The highest BCUT2D eigenvalue weighted by Crippen LogP contribution is 2.63. The Morgan fingerprint density at radius 3 is 2.00 bits per heavy atom. The van der Waals surface area contributed by atoms with E-state index in [9.17, 15) is 14.7 Å². The van der Waals surface area contributed by atoms with Gasteiger partial charge in [0.1, 0.15) is 0 Å². The third kappa shape index (κ3) is 13.7. The third-order valence-electron chi connectivity index (χ3n) is 11.5. The van der Waals surface area contributed by atoms with Gasteiger partial charge in [0.25, 0.3) is 0 Å². The summed E-state index contributed by atoms with van der Waals surface area (Å²) >= 11 is 0. The van der Waals surface area contributed by atoms with E-state index in [1.54, 1.807) is 0 Å². The summed E-state index contributed by atoms with van der Waals surface area (Å²) in [5.41, 5.74) is 1.42. The van der Waals surface area contributed by atoms with Gasteiger partial charge in [-0.25, -0.2) is 0 Å². The normalized spacial score (nSPS) is 26.2. The van der Waals surface area contributed by atoms with Crippen LogP contribution in [0.4, 0.5) is 0 Å². The first kappa shape index (κ1) is 37.9. The van der Waals surface area contributed by atoms with Crippen LogP contribution in [0.1, 0.15) is 188 Å². The van der Waals surface area contributed by atoms with E-state index in [2.05, 4.69) is 34.3 Å². The number of allylic oxidation sites excluding steroid dienone is 1. The fourth-order valence-electron chi connectivity index (χ4n) is 8.86. The Bertz CT molecular complexity index is 805. The molecule has 43 heavy (non-hydrogen) atoms. The number of esters is 1. The Kier molecular flexibility index (Phi) is 18.2. The summed E-state index contributed by atoms with van der Waals surface area (Å²) in [7, 11) is 0. The summed E-state index contributed by atoms with van der Waals surface area (Å²) < 4.78 is 5.60. The predicted octanol–water partition coefficient (Wildman–Crippen LogP) is 11.9. The molecule has 4 nitrogen and oxygen atoms in total. The molecule has 4 heteroatoms. The molecule has 0 spiro atoms. The maximum Gasteiger partial charge on any atom is 0.305 e. The number of carbonyl (C=O) groups is 2. The molecule has 0 aromatic carbocycles. The standard InChI is InChI=1S/C39H70O4/c1-6-7-8-9-10-11-12-13-14-15-16-17-18-19-20-22-37(42)43-30-27-32(2)23-25-34-33(3)24-26-35-38(4,31-36(40)41)28-21-29-39(34,35)5/h32,34-35H,3,6-31H2,1-2,4-5H3,(H,40,41)/t32-,34-,35-,38+,39+/m0/s1. The summed E-state index contributed by atoms with van der Waals surface area (Å²) in [6.45, 7) is 14.2. The van der Waals surface area contributed by atoms with Crippen LogP contribution in [0.25, 0.3) is 0 Å². The van der Waals surface area contributed by atoms with Crippen molar-refractivity contribution < 1.29 is 19.4 Å². The Hall–Kier alpha value is -1.32. The first-order valence-corrected chi connectivity index (χ1v) is 18.7. The maximum absolute atomic E-state index is 12.3. The molecule has 250 valence electrons. The Morgan fingerprint density at radius 1 is 0.884 bits per heavy atom. The van der Waals surface area contributed by atoms with Crippen molar-refractivity contribution in [1.29, 1.82) is 0 Å². The van der Waals surface area contributed by atoms with Gasteiger partial charge >= 0.3 is 11.9 Å². The van der Waals surface area contributed by atoms with Gasteiger partial charge in [-0.15, -0.1) is 0 Å². The maximum atomic E-state index is 12.3. The monoisotopic (exact) mass is 603 g/mol. The Labute approximate surface area is 266 Å². The second kappa shape index (κ2) is 20.7. The number of fused-ring (bicyclic) bond motifs is 1. The summed E-state index contributed by atoms with van der Waals surface area (Å²) in [5, 5.41) is 9.62. The van der Waals surface area contributed by atoms with E-state index < -0.39 is 5.97 Å². The van der Waals surface area contributed by atoms with Crippen molar-refractivity contribution in [3.05, 3.63) is 12.2 Å². The smallest absolute Gasteiger partial charge is 0.305 e. The molecular weight excluding hydrogens is 532 g/mol. The fraction of sp³-hybridized carbons (Fsp3) is 0.897. The van der Waals surface area contributed by atoms with Gasteiger partial charge in [0.05, 0.1) is 13.0 Å². The van der Waals surface area contributed by atoms with Crippen LogP contribution in [0.5, 0.6) is 0 Å². The lowest BCUT2D eigenvalue weighted by molar-refractivity contribution is -0.145. The first-order valence-electron chi connectivity index (χ1n) is 18.7. The van der Waals surface area contributed by atoms with E-state index in [0.29, 0.717) is 30.8 Å². The second-order valence-electron chi connectivity index (χ2n) is 15.3. The van der Waals surface area contributed by atoms with Gasteiger partial charge in [-0.3, -0.25) is 9.59 Å². The van der Waals surface area contributed by atoms with E-state index in [-0.39, 0.29) is 23.2 Å². The highest BCUT2D eigenvalue weighted by molar-refractivity contribution is 5.69. The molecule has 0 saturated heterocycles.